The Morgan fingerprint density at radius 2 is 2.07 bits per heavy atom. The highest BCUT2D eigenvalue weighted by Gasteiger charge is 2.17. The van der Waals surface area contributed by atoms with E-state index in [4.69, 9.17) is 0 Å². The summed E-state index contributed by atoms with van der Waals surface area (Å²) in [5.74, 6) is 0. The topological polar surface area (TPSA) is 29.9 Å². The number of hydrogen-bond acceptors (Lipinski definition) is 2. The number of nitrogens with zero attached hydrogens (tertiary/aromatic N) is 2. The Morgan fingerprint density at radius 3 is 2.57 bits per heavy atom. The van der Waals surface area contributed by atoms with Gasteiger partial charge in [-0.15, -0.1) is 0 Å². The maximum atomic E-state index is 4.01. The van der Waals surface area contributed by atoms with Crippen molar-refractivity contribution in [2.24, 2.45) is 0 Å². The molecule has 0 aliphatic rings. The Kier molecular flexibility index (Phi) is 4.14. The van der Waals surface area contributed by atoms with Gasteiger partial charge < -0.3 is 9.88 Å². The molecule has 1 N–H and O–H groups in total. The van der Waals surface area contributed by atoms with Crippen molar-refractivity contribution in [3.8, 4) is 0 Å². The van der Waals surface area contributed by atoms with Gasteiger partial charge in [-0.2, -0.15) is 0 Å². The standard InChI is InChI=1S/C11H21N3/c1-4-11(3,5-2)13-7-9-14-8-6-12-10-14/h6,8,10,13H,4-5,7,9H2,1-3H3. The minimum Gasteiger partial charge on any atom is -0.336 e. The highest BCUT2D eigenvalue weighted by atomic mass is 15.1. The molecule has 0 saturated carbocycles. The van der Waals surface area contributed by atoms with Crippen LogP contribution in [0, 0.1) is 0 Å². The average Bonchev–Trinajstić information content (AvgIpc) is 2.70. The molecule has 3 heteroatoms. The summed E-state index contributed by atoms with van der Waals surface area (Å²) >= 11 is 0. The third-order valence-corrected chi connectivity index (χ3v) is 3.04. The smallest absolute Gasteiger partial charge is 0.0946 e. The summed E-state index contributed by atoms with van der Waals surface area (Å²) in [6.45, 7) is 8.74. The molecule has 0 saturated heterocycles. The summed E-state index contributed by atoms with van der Waals surface area (Å²) in [7, 11) is 0. The first-order chi connectivity index (χ1) is 6.70. The van der Waals surface area contributed by atoms with Gasteiger partial charge in [0, 0.05) is 31.0 Å². The Balaban J connectivity index is 2.27. The predicted octanol–water partition coefficient (Wildman–Crippen LogP) is 2.05. The van der Waals surface area contributed by atoms with Crippen LogP contribution in [0.4, 0.5) is 0 Å². The molecule has 0 radical (unpaired) electrons. The van der Waals surface area contributed by atoms with E-state index in [-0.39, 0.29) is 0 Å². The number of imidazole rings is 1. The second-order valence-corrected chi connectivity index (χ2v) is 4.00. The Bertz CT molecular complexity index is 237. The van der Waals surface area contributed by atoms with E-state index >= 15 is 0 Å². The van der Waals surface area contributed by atoms with E-state index in [0.29, 0.717) is 5.54 Å². The second-order valence-electron chi connectivity index (χ2n) is 4.00. The summed E-state index contributed by atoms with van der Waals surface area (Å²) in [6, 6.07) is 0. The van der Waals surface area contributed by atoms with Crippen LogP contribution in [0.2, 0.25) is 0 Å². The van der Waals surface area contributed by atoms with E-state index in [0.717, 1.165) is 13.1 Å². The van der Waals surface area contributed by atoms with Crippen LogP contribution in [-0.4, -0.2) is 21.6 Å². The zero-order valence-electron chi connectivity index (χ0n) is 9.45. The van der Waals surface area contributed by atoms with Crippen LogP contribution >= 0.6 is 0 Å². The van der Waals surface area contributed by atoms with E-state index < -0.39 is 0 Å². The van der Waals surface area contributed by atoms with Gasteiger partial charge in [0.1, 0.15) is 0 Å². The third-order valence-electron chi connectivity index (χ3n) is 3.04. The molecular weight excluding hydrogens is 174 g/mol. The molecule has 0 aliphatic heterocycles. The molecule has 0 aromatic carbocycles. The Labute approximate surface area is 86.5 Å². The molecule has 0 spiro atoms. The zero-order chi connectivity index (χ0) is 10.4. The fraction of sp³-hybridized carbons (Fsp3) is 0.727. The minimum atomic E-state index is 0.292. The van der Waals surface area contributed by atoms with Crippen molar-refractivity contribution in [2.45, 2.75) is 45.7 Å². The van der Waals surface area contributed by atoms with Crippen LogP contribution in [0.15, 0.2) is 18.7 Å². The van der Waals surface area contributed by atoms with Gasteiger partial charge in [-0.05, 0) is 19.8 Å². The van der Waals surface area contributed by atoms with E-state index in [1.54, 1.807) is 0 Å². The maximum absolute atomic E-state index is 4.01. The first kappa shape index (κ1) is 11.2. The molecular formula is C11H21N3. The first-order valence-corrected chi connectivity index (χ1v) is 5.41. The monoisotopic (exact) mass is 195 g/mol. The molecule has 0 bridgehead atoms. The van der Waals surface area contributed by atoms with Crippen molar-refractivity contribution in [1.82, 2.24) is 14.9 Å². The molecule has 0 atom stereocenters. The maximum Gasteiger partial charge on any atom is 0.0946 e. The Hall–Kier alpha value is -0.830. The lowest BCUT2D eigenvalue weighted by Gasteiger charge is -2.28. The van der Waals surface area contributed by atoms with Gasteiger partial charge in [0.05, 0.1) is 6.33 Å². The molecule has 80 valence electrons. The summed E-state index contributed by atoms with van der Waals surface area (Å²) in [5.41, 5.74) is 0.292. The van der Waals surface area contributed by atoms with Crippen molar-refractivity contribution in [3.63, 3.8) is 0 Å². The fourth-order valence-electron chi connectivity index (χ4n) is 1.41. The van der Waals surface area contributed by atoms with Crippen LogP contribution in [-0.2, 0) is 6.54 Å². The lowest BCUT2D eigenvalue weighted by Crippen LogP contribution is -2.42. The highest BCUT2D eigenvalue weighted by Crippen LogP contribution is 2.12. The van der Waals surface area contributed by atoms with Crippen molar-refractivity contribution in [3.05, 3.63) is 18.7 Å². The molecule has 3 nitrogen and oxygen atoms in total. The minimum absolute atomic E-state index is 0.292. The van der Waals surface area contributed by atoms with Crippen molar-refractivity contribution in [1.29, 1.82) is 0 Å². The van der Waals surface area contributed by atoms with Gasteiger partial charge in [0.15, 0.2) is 0 Å². The molecule has 14 heavy (non-hydrogen) atoms. The Morgan fingerprint density at radius 1 is 1.36 bits per heavy atom. The molecule has 1 rings (SSSR count). The average molecular weight is 195 g/mol. The van der Waals surface area contributed by atoms with E-state index in [1.807, 2.05) is 18.7 Å². The summed E-state index contributed by atoms with van der Waals surface area (Å²) in [4.78, 5) is 4.01. The second kappa shape index (κ2) is 5.15. The van der Waals surface area contributed by atoms with E-state index in [2.05, 4.69) is 35.6 Å². The lowest BCUT2D eigenvalue weighted by molar-refractivity contribution is 0.326. The molecule has 0 amide bonds. The van der Waals surface area contributed by atoms with E-state index in [1.165, 1.54) is 12.8 Å². The van der Waals surface area contributed by atoms with Gasteiger partial charge in [0.25, 0.3) is 0 Å². The molecule has 1 aromatic rings. The molecule has 1 aromatic heterocycles. The number of aromatic nitrogens is 2. The van der Waals surface area contributed by atoms with Crippen molar-refractivity contribution < 1.29 is 0 Å². The van der Waals surface area contributed by atoms with Crippen LogP contribution in [0.25, 0.3) is 0 Å². The number of nitrogens with one attached hydrogen (secondary N) is 1. The predicted molar refractivity (Wildman–Crippen MR) is 59.2 cm³/mol. The summed E-state index contributed by atoms with van der Waals surface area (Å²) in [6.07, 6.45) is 8.02. The SMILES string of the molecule is CCC(C)(CC)NCCn1ccnc1. The number of hydrogen-bond donors (Lipinski definition) is 1. The van der Waals surface area contributed by atoms with Gasteiger partial charge in [-0.1, -0.05) is 13.8 Å². The molecule has 1 heterocycles. The third kappa shape index (κ3) is 3.14. The van der Waals surface area contributed by atoms with E-state index in [9.17, 15) is 0 Å². The molecule has 0 unspecified atom stereocenters. The van der Waals surface area contributed by atoms with Gasteiger partial charge in [-0.25, -0.2) is 4.98 Å². The van der Waals surface area contributed by atoms with Crippen molar-refractivity contribution >= 4 is 0 Å². The molecule has 0 fully saturated rings. The highest BCUT2D eigenvalue weighted by molar-refractivity contribution is 4.80. The fourth-order valence-corrected chi connectivity index (χ4v) is 1.41. The van der Waals surface area contributed by atoms with Crippen LogP contribution in [0.3, 0.4) is 0 Å². The number of rotatable bonds is 6. The largest absolute Gasteiger partial charge is 0.336 e. The summed E-state index contributed by atoms with van der Waals surface area (Å²) < 4.78 is 2.10. The lowest BCUT2D eigenvalue weighted by atomic mass is 9.96. The normalized spacial score (nSPS) is 11.9. The van der Waals surface area contributed by atoms with Crippen LogP contribution in [0.5, 0.6) is 0 Å². The zero-order valence-corrected chi connectivity index (χ0v) is 9.45. The molecule has 0 aliphatic carbocycles. The first-order valence-electron chi connectivity index (χ1n) is 5.41. The van der Waals surface area contributed by atoms with Gasteiger partial charge >= 0.3 is 0 Å². The quantitative estimate of drug-likeness (QED) is 0.753. The van der Waals surface area contributed by atoms with Gasteiger partial charge in [-0.3, -0.25) is 0 Å². The van der Waals surface area contributed by atoms with Crippen LogP contribution in [0.1, 0.15) is 33.6 Å². The van der Waals surface area contributed by atoms with Gasteiger partial charge in [0.2, 0.25) is 0 Å². The van der Waals surface area contributed by atoms with Crippen LogP contribution < -0.4 is 5.32 Å². The van der Waals surface area contributed by atoms with Crippen molar-refractivity contribution in [2.75, 3.05) is 6.54 Å². The summed E-state index contributed by atoms with van der Waals surface area (Å²) in [5, 5.41) is 3.59.